The highest BCUT2D eigenvalue weighted by molar-refractivity contribution is 7.99. The molecule has 1 amide bonds. The summed E-state index contributed by atoms with van der Waals surface area (Å²) in [6.45, 7) is 5.40. The number of likely N-dealkylation sites (tertiary alicyclic amines) is 2. The zero-order chi connectivity index (χ0) is 17.5. The van der Waals surface area contributed by atoms with Crippen LogP contribution in [0.3, 0.4) is 0 Å². The van der Waals surface area contributed by atoms with E-state index in [0.29, 0.717) is 5.92 Å². The lowest BCUT2D eigenvalue weighted by Gasteiger charge is -2.32. The van der Waals surface area contributed by atoms with Crippen molar-refractivity contribution in [2.24, 2.45) is 5.92 Å². The number of carbonyl (C=O) groups is 1. The van der Waals surface area contributed by atoms with E-state index >= 15 is 0 Å². The number of amides is 1. The Balaban J connectivity index is 1.29. The maximum atomic E-state index is 12.3. The van der Waals surface area contributed by atoms with Crippen molar-refractivity contribution >= 4 is 17.7 Å². The zero-order valence-electron chi connectivity index (χ0n) is 15.3. The van der Waals surface area contributed by atoms with Crippen LogP contribution in [0.4, 0.5) is 0 Å². The summed E-state index contributed by atoms with van der Waals surface area (Å²) in [7, 11) is 2.06. The minimum absolute atomic E-state index is 0.107. The fourth-order valence-corrected chi connectivity index (χ4v) is 4.76. The summed E-state index contributed by atoms with van der Waals surface area (Å²) in [6.07, 6.45) is 4.57. The SMILES string of the molecule is CN1CCC[C@@H]1C(=O)NCC1CCN(CCSc2ccccc2)CC1. The third-order valence-electron chi connectivity index (χ3n) is 5.51. The van der Waals surface area contributed by atoms with Crippen LogP contribution in [-0.4, -0.2) is 67.3 Å². The number of carbonyl (C=O) groups excluding carboxylic acids is 1. The van der Waals surface area contributed by atoms with Crippen molar-refractivity contribution in [3.63, 3.8) is 0 Å². The van der Waals surface area contributed by atoms with Crippen LogP contribution in [-0.2, 0) is 4.79 Å². The van der Waals surface area contributed by atoms with Gasteiger partial charge in [0.1, 0.15) is 0 Å². The summed E-state index contributed by atoms with van der Waals surface area (Å²) in [5.41, 5.74) is 0. The number of nitrogens with one attached hydrogen (secondary N) is 1. The molecule has 2 aliphatic rings. The Bertz CT molecular complexity index is 531. The largest absolute Gasteiger partial charge is 0.354 e. The molecular weight excluding hydrogens is 330 g/mol. The van der Waals surface area contributed by atoms with Gasteiger partial charge in [-0.15, -0.1) is 11.8 Å². The molecule has 1 atom stereocenters. The molecule has 0 saturated carbocycles. The molecule has 5 heteroatoms. The molecule has 0 radical (unpaired) electrons. The van der Waals surface area contributed by atoms with Crippen molar-refractivity contribution in [2.75, 3.05) is 45.5 Å². The maximum Gasteiger partial charge on any atom is 0.237 e. The molecule has 0 aromatic heterocycles. The van der Waals surface area contributed by atoms with Crippen LogP contribution in [0.25, 0.3) is 0 Å². The normalized spacial score (nSPS) is 23.0. The van der Waals surface area contributed by atoms with Crippen LogP contribution < -0.4 is 5.32 Å². The van der Waals surface area contributed by atoms with E-state index in [0.717, 1.165) is 38.2 Å². The number of benzene rings is 1. The Labute approximate surface area is 156 Å². The van der Waals surface area contributed by atoms with E-state index in [1.165, 1.54) is 30.8 Å². The fraction of sp³-hybridized carbons (Fsp3) is 0.650. The lowest BCUT2D eigenvalue weighted by atomic mass is 9.96. The maximum absolute atomic E-state index is 12.3. The highest BCUT2D eigenvalue weighted by atomic mass is 32.2. The van der Waals surface area contributed by atoms with Gasteiger partial charge in [-0.3, -0.25) is 9.69 Å². The van der Waals surface area contributed by atoms with Gasteiger partial charge in [0.25, 0.3) is 0 Å². The second-order valence-corrected chi connectivity index (χ2v) is 8.50. The van der Waals surface area contributed by atoms with Crippen LogP contribution in [0, 0.1) is 5.92 Å². The average Bonchev–Trinajstić information content (AvgIpc) is 3.08. The topological polar surface area (TPSA) is 35.6 Å². The molecule has 2 heterocycles. The van der Waals surface area contributed by atoms with Crippen molar-refractivity contribution < 1.29 is 4.79 Å². The monoisotopic (exact) mass is 361 g/mol. The number of piperidine rings is 1. The number of hydrogen-bond donors (Lipinski definition) is 1. The van der Waals surface area contributed by atoms with Crippen molar-refractivity contribution in [3.05, 3.63) is 30.3 Å². The van der Waals surface area contributed by atoms with E-state index < -0.39 is 0 Å². The summed E-state index contributed by atoms with van der Waals surface area (Å²) in [5.74, 6) is 2.04. The molecule has 1 aromatic rings. The minimum Gasteiger partial charge on any atom is -0.354 e. The van der Waals surface area contributed by atoms with Crippen LogP contribution in [0.2, 0.25) is 0 Å². The van der Waals surface area contributed by atoms with Gasteiger partial charge in [0, 0.05) is 23.7 Å². The number of nitrogens with zero attached hydrogens (tertiary/aromatic N) is 2. The number of rotatable bonds is 7. The quantitative estimate of drug-likeness (QED) is 0.758. The van der Waals surface area contributed by atoms with E-state index in [-0.39, 0.29) is 11.9 Å². The van der Waals surface area contributed by atoms with Crippen LogP contribution in [0.15, 0.2) is 35.2 Å². The molecule has 0 aliphatic carbocycles. The molecule has 138 valence electrons. The van der Waals surface area contributed by atoms with E-state index in [2.05, 4.69) is 52.5 Å². The molecular formula is C20H31N3OS. The van der Waals surface area contributed by atoms with Gasteiger partial charge in [-0.1, -0.05) is 18.2 Å². The second kappa shape index (κ2) is 9.60. The molecule has 1 N–H and O–H groups in total. The lowest BCUT2D eigenvalue weighted by Crippen LogP contribution is -2.45. The lowest BCUT2D eigenvalue weighted by molar-refractivity contribution is -0.125. The average molecular weight is 362 g/mol. The molecule has 4 nitrogen and oxygen atoms in total. The van der Waals surface area contributed by atoms with Crippen LogP contribution >= 0.6 is 11.8 Å². The molecule has 2 fully saturated rings. The summed E-state index contributed by atoms with van der Waals surface area (Å²) in [5, 5.41) is 3.20. The van der Waals surface area contributed by atoms with Crippen LogP contribution in [0.1, 0.15) is 25.7 Å². The van der Waals surface area contributed by atoms with Crippen molar-refractivity contribution in [1.29, 1.82) is 0 Å². The van der Waals surface area contributed by atoms with Gasteiger partial charge in [-0.2, -0.15) is 0 Å². The van der Waals surface area contributed by atoms with Crippen LogP contribution in [0.5, 0.6) is 0 Å². The Morgan fingerprint density at radius 2 is 1.92 bits per heavy atom. The summed E-state index contributed by atoms with van der Waals surface area (Å²) in [6, 6.07) is 10.7. The molecule has 0 spiro atoms. The molecule has 25 heavy (non-hydrogen) atoms. The molecule has 0 bridgehead atoms. The first-order chi connectivity index (χ1) is 12.2. The first-order valence-electron chi connectivity index (χ1n) is 9.60. The van der Waals surface area contributed by atoms with Gasteiger partial charge in [-0.05, 0) is 70.4 Å². The van der Waals surface area contributed by atoms with E-state index in [1.54, 1.807) is 0 Å². The van der Waals surface area contributed by atoms with Gasteiger partial charge in [0.05, 0.1) is 6.04 Å². The predicted octanol–water partition coefficient (Wildman–Crippen LogP) is 2.70. The summed E-state index contributed by atoms with van der Waals surface area (Å²) < 4.78 is 0. The molecule has 2 saturated heterocycles. The van der Waals surface area contributed by atoms with Crippen molar-refractivity contribution in [2.45, 2.75) is 36.6 Å². The van der Waals surface area contributed by atoms with Gasteiger partial charge < -0.3 is 10.2 Å². The fourth-order valence-electron chi connectivity index (χ4n) is 3.83. The Hall–Kier alpha value is -1.04. The van der Waals surface area contributed by atoms with E-state index in [4.69, 9.17) is 0 Å². The zero-order valence-corrected chi connectivity index (χ0v) is 16.1. The molecule has 3 rings (SSSR count). The second-order valence-electron chi connectivity index (χ2n) is 7.33. The van der Waals surface area contributed by atoms with Gasteiger partial charge in [0.2, 0.25) is 5.91 Å². The molecule has 0 unspecified atom stereocenters. The Morgan fingerprint density at radius 3 is 2.60 bits per heavy atom. The van der Waals surface area contributed by atoms with Crippen molar-refractivity contribution in [1.82, 2.24) is 15.1 Å². The van der Waals surface area contributed by atoms with Gasteiger partial charge in [0.15, 0.2) is 0 Å². The first kappa shape index (κ1) is 18.7. The number of likely N-dealkylation sites (N-methyl/N-ethyl adjacent to an activating group) is 1. The van der Waals surface area contributed by atoms with E-state index in [1.807, 2.05) is 11.8 Å². The minimum atomic E-state index is 0.107. The molecule has 1 aromatic carbocycles. The smallest absolute Gasteiger partial charge is 0.237 e. The highest BCUT2D eigenvalue weighted by Gasteiger charge is 2.28. The predicted molar refractivity (Wildman–Crippen MR) is 105 cm³/mol. The highest BCUT2D eigenvalue weighted by Crippen LogP contribution is 2.20. The number of thioether (sulfide) groups is 1. The third-order valence-corrected chi connectivity index (χ3v) is 6.51. The van der Waals surface area contributed by atoms with Crippen molar-refractivity contribution in [3.8, 4) is 0 Å². The first-order valence-corrected chi connectivity index (χ1v) is 10.6. The third kappa shape index (κ3) is 5.73. The molecule has 2 aliphatic heterocycles. The summed E-state index contributed by atoms with van der Waals surface area (Å²) in [4.78, 5) is 18.4. The Morgan fingerprint density at radius 1 is 1.16 bits per heavy atom. The summed E-state index contributed by atoms with van der Waals surface area (Å²) >= 11 is 1.94. The number of hydrogen-bond acceptors (Lipinski definition) is 4. The van der Waals surface area contributed by atoms with Gasteiger partial charge >= 0.3 is 0 Å². The standard InChI is InChI=1S/C20H31N3OS/c1-22-11-5-8-19(22)20(24)21-16-17-9-12-23(13-10-17)14-15-25-18-6-3-2-4-7-18/h2-4,6-7,17,19H,5,8-16H2,1H3,(H,21,24)/t19-/m1/s1. The van der Waals surface area contributed by atoms with E-state index in [9.17, 15) is 4.79 Å². The van der Waals surface area contributed by atoms with Gasteiger partial charge in [-0.25, -0.2) is 0 Å². The Kier molecular flexibility index (Phi) is 7.20.